The summed E-state index contributed by atoms with van der Waals surface area (Å²) >= 11 is -2.25. The Balaban J connectivity index is 2.75. The molecule has 0 aliphatic heterocycles. The zero-order chi connectivity index (χ0) is 14.8. The maximum Gasteiger partial charge on any atom is 0.357 e. The highest BCUT2D eigenvalue weighted by Gasteiger charge is 2.08. The second-order valence-electron chi connectivity index (χ2n) is 5.16. The molecule has 0 bridgehead atoms. The van der Waals surface area contributed by atoms with Gasteiger partial charge in [0.1, 0.15) is 5.75 Å². The molecule has 0 saturated carbocycles. The van der Waals surface area contributed by atoms with Crippen molar-refractivity contribution in [1.29, 1.82) is 0 Å². The van der Waals surface area contributed by atoms with Gasteiger partial charge in [0.05, 0.1) is 0 Å². The molecule has 1 atom stereocenters. The topological polar surface area (TPSA) is 46.5 Å². The van der Waals surface area contributed by atoms with Crippen LogP contribution in [0.1, 0.15) is 63.5 Å². The molecule has 0 fully saturated rings. The minimum absolute atomic E-state index is 0.543. The van der Waals surface area contributed by atoms with Crippen molar-refractivity contribution in [2.75, 3.05) is 0 Å². The first-order valence-electron chi connectivity index (χ1n) is 7.58. The van der Waals surface area contributed by atoms with Gasteiger partial charge in [-0.2, -0.15) is 4.21 Å². The van der Waals surface area contributed by atoms with Crippen molar-refractivity contribution in [3.05, 3.63) is 29.3 Å². The van der Waals surface area contributed by atoms with E-state index in [9.17, 15) is 4.21 Å². The van der Waals surface area contributed by atoms with Gasteiger partial charge in [-0.3, -0.25) is 4.55 Å². The van der Waals surface area contributed by atoms with Crippen molar-refractivity contribution >= 4 is 11.4 Å². The van der Waals surface area contributed by atoms with E-state index in [4.69, 9.17) is 8.74 Å². The van der Waals surface area contributed by atoms with Crippen LogP contribution >= 0.6 is 0 Å². The lowest BCUT2D eigenvalue weighted by atomic mass is 10.0. The molecule has 20 heavy (non-hydrogen) atoms. The van der Waals surface area contributed by atoms with E-state index in [2.05, 4.69) is 19.9 Å². The Morgan fingerprint density at radius 2 is 1.70 bits per heavy atom. The molecule has 1 aromatic carbocycles. The minimum Gasteiger partial charge on any atom is -0.380 e. The number of hydrogen-bond donors (Lipinski definition) is 1. The molecule has 1 N–H and O–H groups in total. The van der Waals surface area contributed by atoms with E-state index in [0.717, 1.165) is 31.2 Å². The van der Waals surface area contributed by atoms with E-state index in [-0.39, 0.29) is 0 Å². The van der Waals surface area contributed by atoms with E-state index < -0.39 is 11.4 Å². The van der Waals surface area contributed by atoms with Crippen molar-refractivity contribution in [3.63, 3.8) is 0 Å². The molecule has 1 unspecified atom stereocenters. The number of aryl methyl sites for hydroxylation is 2. The Bertz CT molecular complexity index is 418. The highest BCUT2D eigenvalue weighted by Crippen LogP contribution is 2.24. The zero-order valence-corrected chi connectivity index (χ0v) is 13.4. The van der Waals surface area contributed by atoms with E-state index in [0.29, 0.717) is 5.75 Å². The SMILES string of the molecule is CCCCCc1ccc(OS(=O)O)c(CCCCC)c1. The molecule has 0 saturated heterocycles. The zero-order valence-electron chi connectivity index (χ0n) is 12.6. The molecule has 3 nitrogen and oxygen atoms in total. The largest absolute Gasteiger partial charge is 0.380 e. The minimum atomic E-state index is -2.25. The molecule has 0 aliphatic carbocycles. The molecule has 4 heteroatoms. The Kier molecular flexibility index (Phi) is 8.54. The van der Waals surface area contributed by atoms with Crippen LogP contribution < -0.4 is 4.18 Å². The van der Waals surface area contributed by atoms with Crippen LogP contribution in [0.5, 0.6) is 5.75 Å². The van der Waals surface area contributed by atoms with Gasteiger partial charge in [0, 0.05) is 0 Å². The summed E-state index contributed by atoms with van der Waals surface area (Å²) in [6.45, 7) is 4.37. The molecule has 0 aliphatic rings. The van der Waals surface area contributed by atoms with Crippen LogP contribution in [0.3, 0.4) is 0 Å². The van der Waals surface area contributed by atoms with Gasteiger partial charge in [-0.05, 0) is 42.9 Å². The van der Waals surface area contributed by atoms with Crippen molar-refractivity contribution < 1.29 is 12.9 Å². The molecule has 0 heterocycles. The molecule has 0 spiro atoms. The summed E-state index contributed by atoms with van der Waals surface area (Å²) in [6.07, 6.45) is 9.04. The van der Waals surface area contributed by atoms with Gasteiger partial charge in [0.2, 0.25) is 0 Å². The van der Waals surface area contributed by atoms with Crippen LogP contribution in [0.4, 0.5) is 0 Å². The van der Waals surface area contributed by atoms with Gasteiger partial charge >= 0.3 is 11.4 Å². The van der Waals surface area contributed by atoms with Crippen molar-refractivity contribution in [2.24, 2.45) is 0 Å². The lowest BCUT2D eigenvalue weighted by molar-refractivity contribution is 0.454. The van der Waals surface area contributed by atoms with E-state index in [1.165, 1.54) is 31.2 Å². The maximum atomic E-state index is 10.8. The maximum absolute atomic E-state index is 10.8. The number of hydrogen-bond acceptors (Lipinski definition) is 2. The van der Waals surface area contributed by atoms with E-state index in [1.54, 1.807) is 0 Å². The molecule has 1 rings (SSSR count). The lowest BCUT2D eigenvalue weighted by Crippen LogP contribution is -2.02. The van der Waals surface area contributed by atoms with E-state index in [1.807, 2.05) is 12.1 Å². The van der Waals surface area contributed by atoms with Crippen LogP contribution in [0, 0.1) is 0 Å². The lowest BCUT2D eigenvalue weighted by Gasteiger charge is -2.10. The van der Waals surface area contributed by atoms with Crippen molar-refractivity contribution in [2.45, 2.75) is 65.2 Å². The molecular weight excluding hydrogens is 272 g/mol. The quantitative estimate of drug-likeness (QED) is 0.504. The number of unbranched alkanes of at least 4 members (excludes halogenated alkanes) is 4. The standard InChI is InChI=1S/C16H26O3S/c1-3-5-7-9-14-11-12-16(19-20(17)18)15(13-14)10-8-6-4-2/h11-13H,3-10H2,1-2H3,(H,17,18). The fraction of sp³-hybridized carbons (Fsp3) is 0.625. The molecule has 114 valence electrons. The van der Waals surface area contributed by atoms with Gasteiger partial charge in [0.25, 0.3) is 0 Å². The fourth-order valence-electron chi connectivity index (χ4n) is 2.29. The predicted octanol–water partition coefficient (Wildman–Crippen LogP) is 4.67. The monoisotopic (exact) mass is 298 g/mol. The van der Waals surface area contributed by atoms with Crippen LogP contribution in [-0.4, -0.2) is 8.76 Å². The third kappa shape index (κ3) is 6.53. The van der Waals surface area contributed by atoms with Crippen molar-refractivity contribution in [3.8, 4) is 5.75 Å². The molecule has 0 aromatic heterocycles. The average molecular weight is 298 g/mol. The van der Waals surface area contributed by atoms with Crippen molar-refractivity contribution in [1.82, 2.24) is 0 Å². The second-order valence-corrected chi connectivity index (χ2v) is 5.76. The summed E-state index contributed by atoms with van der Waals surface area (Å²) in [7, 11) is 0. The third-order valence-corrected chi connectivity index (χ3v) is 3.73. The molecule has 0 radical (unpaired) electrons. The summed E-state index contributed by atoms with van der Waals surface area (Å²) in [5.41, 5.74) is 2.34. The number of benzene rings is 1. The second kappa shape index (κ2) is 9.94. The Labute approximate surface area is 125 Å². The Hall–Kier alpha value is -0.870. The summed E-state index contributed by atoms with van der Waals surface area (Å²) in [4.78, 5) is 0. The summed E-state index contributed by atoms with van der Waals surface area (Å²) in [6, 6.07) is 5.96. The predicted molar refractivity (Wildman–Crippen MR) is 84.3 cm³/mol. The van der Waals surface area contributed by atoms with Gasteiger partial charge in [-0.1, -0.05) is 51.7 Å². The van der Waals surface area contributed by atoms with Crippen LogP contribution in [0.25, 0.3) is 0 Å². The first kappa shape index (κ1) is 17.2. The highest BCUT2D eigenvalue weighted by molar-refractivity contribution is 7.74. The van der Waals surface area contributed by atoms with E-state index >= 15 is 0 Å². The molecular formula is C16H26O3S. The van der Waals surface area contributed by atoms with Gasteiger partial charge in [-0.15, -0.1) is 0 Å². The van der Waals surface area contributed by atoms with Gasteiger partial charge in [-0.25, -0.2) is 0 Å². The van der Waals surface area contributed by atoms with Gasteiger partial charge < -0.3 is 4.18 Å². The molecule has 1 aromatic rings. The van der Waals surface area contributed by atoms with Crippen LogP contribution in [-0.2, 0) is 24.2 Å². The van der Waals surface area contributed by atoms with Crippen LogP contribution in [0.15, 0.2) is 18.2 Å². The Morgan fingerprint density at radius 1 is 1.05 bits per heavy atom. The first-order chi connectivity index (χ1) is 9.67. The average Bonchev–Trinajstić information content (AvgIpc) is 2.41. The summed E-state index contributed by atoms with van der Waals surface area (Å²) in [5.74, 6) is 0.543. The highest BCUT2D eigenvalue weighted by atomic mass is 32.2. The molecule has 0 amide bonds. The van der Waals surface area contributed by atoms with Gasteiger partial charge in [0.15, 0.2) is 0 Å². The fourth-order valence-corrected chi connectivity index (χ4v) is 2.60. The van der Waals surface area contributed by atoms with Crippen LogP contribution in [0.2, 0.25) is 0 Å². The first-order valence-corrected chi connectivity index (χ1v) is 8.61. The summed E-state index contributed by atoms with van der Waals surface area (Å²) < 4.78 is 24.7. The normalized spacial score (nSPS) is 12.3. The number of rotatable bonds is 10. The smallest absolute Gasteiger partial charge is 0.357 e. The third-order valence-electron chi connectivity index (χ3n) is 3.40. The Morgan fingerprint density at radius 3 is 2.30 bits per heavy atom. The summed E-state index contributed by atoms with van der Waals surface area (Å²) in [5, 5.41) is 0.